The molecular formula is C14H12Cl2N2O3. The molecule has 0 aliphatic heterocycles. The second kappa shape index (κ2) is 6.65. The maximum atomic E-state index is 11.0. The van der Waals surface area contributed by atoms with E-state index >= 15 is 0 Å². The summed E-state index contributed by atoms with van der Waals surface area (Å²) < 4.78 is 4.95. The van der Waals surface area contributed by atoms with Crippen LogP contribution in [0.5, 0.6) is 5.75 Å². The molecule has 0 aliphatic rings. The molecule has 0 bridgehead atoms. The highest BCUT2D eigenvalue weighted by molar-refractivity contribution is 6.42. The number of nitro groups is 1. The predicted octanol–water partition coefficient (Wildman–Crippen LogP) is 4.52. The Hall–Kier alpha value is -1.98. The van der Waals surface area contributed by atoms with Crippen LogP contribution in [0, 0.1) is 10.1 Å². The van der Waals surface area contributed by atoms with Crippen LogP contribution in [0.3, 0.4) is 0 Å². The van der Waals surface area contributed by atoms with Crippen LogP contribution in [0.15, 0.2) is 36.4 Å². The summed E-state index contributed by atoms with van der Waals surface area (Å²) in [5.74, 6) is 0.214. The van der Waals surface area contributed by atoms with Crippen molar-refractivity contribution in [3.63, 3.8) is 0 Å². The van der Waals surface area contributed by atoms with Crippen molar-refractivity contribution in [3.8, 4) is 5.75 Å². The van der Waals surface area contributed by atoms with Gasteiger partial charge in [0.1, 0.15) is 0 Å². The van der Waals surface area contributed by atoms with E-state index in [1.54, 1.807) is 24.3 Å². The normalized spacial score (nSPS) is 10.2. The smallest absolute Gasteiger partial charge is 0.312 e. The van der Waals surface area contributed by atoms with E-state index in [0.29, 0.717) is 22.3 Å². The fourth-order valence-electron chi connectivity index (χ4n) is 1.82. The zero-order chi connectivity index (χ0) is 15.4. The van der Waals surface area contributed by atoms with E-state index in [0.717, 1.165) is 5.56 Å². The molecule has 2 rings (SSSR count). The molecule has 21 heavy (non-hydrogen) atoms. The van der Waals surface area contributed by atoms with Crippen LogP contribution >= 0.6 is 23.2 Å². The molecule has 0 amide bonds. The molecule has 0 heterocycles. The Morgan fingerprint density at radius 3 is 2.71 bits per heavy atom. The molecule has 5 nitrogen and oxygen atoms in total. The van der Waals surface area contributed by atoms with Crippen LogP contribution in [-0.4, -0.2) is 12.0 Å². The number of nitrogens with one attached hydrogen (secondary N) is 1. The van der Waals surface area contributed by atoms with Crippen LogP contribution in [-0.2, 0) is 6.54 Å². The summed E-state index contributed by atoms with van der Waals surface area (Å²) in [5, 5.41) is 15.0. The van der Waals surface area contributed by atoms with Gasteiger partial charge in [0, 0.05) is 18.3 Å². The lowest BCUT2D eigenvalue weighted by molar-refractivity contribution is -0.385. The van der Waals surface area contributed by atoms with Crippen molar-refractivity contribution in [3.05, 3.63) is 62.1 Å². The second-order valence-electron chi connectivity index (χ2n) is 4.21. The maximum absolute atomic E-state index is 11.0. The average Bonchev–Trinajstić information content (AvgIpc) is 2.48. The lowest BCUT2D eigenvalue weighted by atomic mass is 10.2. The molecule has 0 unspecified atom stereocenters. The zero-order valence-electron chi connectivity index (χ0n) is 11.1. The van der Waals surface area contributed by atoms with Crippen LogP contribution < -0.4 is 10.1 Å². The van der Waals surface area contributed by atoms with E-state index < -0.39 is 4.92 Å². The largest absolute Gasteiger partial charge is 0.490 e. The molecular weight excluding hydrogens is 315 g/mol. The predicted molar refractivity (Wildman–Crippen MR) is 83.4 cm³/mol. The number of hydrogen-bond donors (Lipinski definition) is 1. The Kier molecular flexibility index (Phi) is 4.88. The SMILES string of the molecule is COc1ccc(NCc2cccc(Cl)c2Cl)cc1[N+](=O)[O-]. The van der Waals surface area contributed by atoms with Gasteiger partial charge < -0.3 is 10.1 Å². The zero-order valence-corrected chi connectivity index (χ0v) is 12.6. The molecule has 0 saturated heterocycles. The first kappa shape index (κ1) is 15.4. The highest BCUT2D eigenvalue weighted by Crippen LogP contribution is 2.30. The third-order valence-electron chi connectivity index (χ3n) is 2.89. The van der Waals surface area contributed by atoms with Gasteiger partial charge in [0.05, 0.1) is 22.1 Å². The molecule has 0 atom stereocenters. The number of nitrogens with zero attached hydrogens (tertiary/aromatic N) is 1. The first-order chi connectivity index (χ1) is 10.0. The van der Waals surface area contributed by atoms with Crippen molar-refractivity contribution in [2.24, 2.45) is 0 Å². The minimum Gasteiger partial charge on any atom is -0.490 e. The van der Waals surface area contributed by atoms with Gasteiger partial charge in [-0.05, 0) is 23.8 Å². The monoisotopic (exact) mass is 326 g/mol. The highest BCUT2D eigenvalue weighted by atomic mass is 35.5. The van der Waals surface area contributed by atoms with E-state index in [1.807, 2.05) is 6.07 Å². The maximum Gasteiger partial charge on any atom is 0.312 e. The number of benzene rings is 2. The van der Waals surface area contributed by atoms with E-state index in [1.165, 1.54) is 13.2 Å². The van der Waals surface area contributed by atoms with Gasteiger partial charge >= 0.3 is 5.69 Å². The fraction of sp³-hybridized carbons (Fsp3) is 0.143. The van der Waals surface area contributed by atoms with E-state index in [9.17, 15) is 10.1 Å². The summed E-state index contributed by atoms with van der Waals surface area (Å²) in [6.45, 7) is 0.406. The quantitative estimate of drug-likeness (QED) is 0.648. The van der Waals surface area contributed by atoms with Gasteiger partial charge in [-0.25, -0.2) is 0 Å². The molecule has 2 aromatic rings. The summed E-state index contributed by atoms with van der Waals surface area (Å²) in [4.78, 5) is 10.5. The van der Waals surface area contributed by atoms with Gasteiger partial charge in [0.15, 0.2) is 5.75 Å². The molecule has 1 N–H and O–H groups in total. The lowest BCUT2D eigenvalue weighted by Crippen LogP contribution is -2.01. The minimum atomic E-state index is -0.490. The number of anilines is 1. The minimum absolute atomic E-state index is 0.0975. The molecule has 0 aliphatic carbocycles. The van der Waals surface area contributed by atoms with Crippen molar-refractivity contribution in [1.82, 2.24) is 0 Å². The van der Waals surface area contributed by atoms with Crippen LogP contribution in [0.2, 0.25) is 10.0 Å². The first-order valence-electron chi connectivity index (χ1n) is 6.02. The number of hydrogen-bond acceptors (Lipinski definition) is 4. The topological polar surface area (TPSA) is 64.4 Å². The highest BCUT2D eigenvalue weighted by Gasteiger charge is 2.15. The van der Waals surface area contributed by atoms with Gasteiger partial charge in [0.2, 0.25) is 0 Å². The second-order valence-corrected chi connectivity index (χ2v) is 5.00. The van der Waals surface area contributed by atoms with Crippen molar-refractivity contribution < 1.29 is 9.66 Å². The van der Waals surface area contributed by atoms with Crippen LogP contribution in [0.25, 0.3) is 0 Å². The van der Waals surface area contributed by atoms with Crippen molar-refractivity contribution in [1.29, 1.82) is 0 Å². The van der Waals surface area contributed by atoms with E-state index in [-0.39, 0.29) is 11.4 Å². The Morgan fingerprint density at radius 1 is 1.29 bits per heavy atom. The van der Waals surface area contributed by atoms with Crippen LogP contribution in [0.4, 0.5) is 11.4 Å². The molecule has 0 saturated carbocycles. The molecule has 110 valence electrons. The van der Waals surface area contributed by atoms with Gasteiger partial charge in [-0.2, -0.15) is 0 Å². The summed E-state index contributed by atoms with van der Waals surface area (Å²) in [5.41, 5.74) is 1.31. The first-order valence-corrected chi connectivity index (χ1v) is 6.77. The molecule has 2 aromatic carbocycles. The summed E-state index contributed by atoms with van der Waals surface area (Å²) in [6, 6.07) is 9.98. The molecule has 0 aromatic heterocycles. The third kappa shape index (κ3) is 3.56. The van der Waals surface area contributed by atoms with Gasteiger partial charge in [0.25, 0.3) is 0 Å². The number of rotatable bonds is 5. The number of halogens is 2. The van der Waals surface area contributed by atoms with E-state index in [4.69, 9.17) is 27.9 Å². The molecule has 0 radical (unpaired) electrons. The van der Waals surface area contributed by atoms with Crippen LogP contribution in [0.1, 0.15) is 5.56 Å². The number of ether oxygens (including phenoxy) is 1. The van der Waals surface area contributed by atoms with Crippen molar-refractivity contribution >= 4 is 34.6 Å². The van der Waals surface area contributed by atoms with Gasteiger partial charge in [-0.1, -0.05) is 35.3 Å². The average molecular weight is 327 g/mol. The molecule has 7 heteroatoms. The molecule has 0 spiro atoms. The summed E-state index contributed by atoms with van der Waals surface area (Å²) in [6.07, 6.45) is 0. The van der Waals surface area contributed by atoms with E-state index in [2.05, 4.69) is 5.32 Å². The fourth-order valence-corrected chi connectivity index (χ4v) is 2.21. The third-order valence-corrected chi connectivity index (χ3v) is 3.75. The summed E-state index contributed by atoms with van der Waals surface area (Å²) in [7, 11) is 1.39. The van der Waals surface area contributed by atoms with Gasteiger partial charge in [-0.3, -0.25) is 10.1 Å². The van der Waals surface area contributed by atoms with Crippen molar-refractivity contribution in [2.75, 3.05) is 12.4 Å². The Balaban J connectivity index is 2.19. The molecule has 0 fully saturated rings. The van der Waals surface area contributed by atoms with Gasteiger partial charge in [-0.15, -0.1) is 0 Å². The Morgan fingerprint density at radius 2 is 2.05 bits per heavy atom. The number of methoxy groups -OCH3 is 1. The number of nitro benzene ring substituents is 1. The standard InChI is InChI=1S/C14H12Cl2N2O3/c1-21-13-6-5-10(7-12(13)18(19)20)17-8-9-3-2-4-11(15)14(9)16/h2-7,17H,8H2,1H3. The lowest BCUT2D eigenvalue weighted by Gasteiger charge is -2.10. The summed E-state index contributed by atoms with van der Waals surface area (Å²) >= 11 is 12.0. The Labute approximate surface area is 131 Å². The Bertz CT molecular complexity index is 677. The van der Waals surface area contributed by atoms with Crippen molar-refractivity contribution in [2.45, 2.75) is 6.54 Å².